The van der Waals surface area contributed by atoms with Crippen molar-refractivity contribution in [3.05, 3.63) is 21.4 Å². The monoisotopic (exact) mass is 234 g/mol. The van der Waals surface area contributed by atoms with Gasteiger partial charge in [-0.1, -0.05) is 0 Å². The van der Waals surface area contributed by atoms with Gasteiger partial charge >= 0.3 is 0 Å². The van der Waals surface area contributed by atoms with E-state index in [2.05, 4.69) is 27.6 Å². The highest BCUT2D eigenvalue weighted by atomic mass is 127. The average molecular weight is 234 g/mol. The maximum Gasteiger partial charge on any atom is 0.126 e. The molecule has 2 nitrogen and oxygen atoms in total. The van der Waals surface area contributed by atoms with Crippen molar-refractivity contribution in [1.82, 2.24) is 4.98 Å². The van der Waals surface area contributed by atoms with Crippen LogP contribution in [0.15, 0.2) is 12.3 Å². The summed E-state index contributed by atoms with van der Waals surface area (Å²) in [5.41, 5.74) is 6.52. The normalized spacial score (nSPS) is 9.56. The van der Waals surface area contributed by atoms with E-state index in [1.807, 2.05) is 13.0 Å². The summed E-state index contributed by atoms with van der Waals surface area (Å²) in [5, 5.41) is 0. The number of aryl methyl sites for hydroxylation is 1. The molecule has 0 aliphatic carbocycles. The van der Waals surface area contributed by atoms with Crippen LogP contribution in [0.4, 0.5) is 5.82 Å². The number of pyridine rings is 1. The minimum absolute atomic E-state index is 0.621. The van der Waals surface area contributed by atoms with Gasteiger partial charge in [0.2, 0.25) is 0 Å². The summed E-state index contributed by atoms with van der Waals surface area (Å²) in [5.74, 6) is 0.621. The number of hydrogen-bond acceptors (Lipinski definition) is 2. The summed E-state index contributed by atoms with van der Waals surface area (Å²) in [6, 6.07) is 2.00. The molecule has 0 unspecified atom stereocenters. The topological polar surface area (TPSA) is 38.9 Å². The Labute approximate surface area is 67.6 Å². The molecule has 0 aliphatic heterocycles. The van der Waals surface area contributed by atoms with Crippen LogP contribution >= 0.6 is 22.6 Å². The molecule has 0 amide bonds. The lowest BCUT2D eigenvalue weighted by molar-refractivity contribution is 1.26. The molecule has 0 saturated heterocycles. The molecule has 48 valence electrons. The van der Waals surface area contributed by atoms with Gasteiger partial charge in [-0.15, -0.1) is 0 Å². The Balaban J connectivity index is 3.17. The van der Waals surface area contributed by atoms with E-state index in [1.165, 1.54) is 0 Å². The van der Waals surface area contributed by atoms with Gasteiger partial charge in [0.05, 0.1) is 0 Å². The van der Waals surface area contributed by atoms with Gasteiger partial charge in [-0.2, -0.15) is 0 Å². The average Bonchev–Trinajstić information content (AvgIpc) is 1.80. The zero-order valence-electron chi connectivity index (χ0n) is 5.06. The van der Waals surface area contributed by atoms with Gasteiger partial charge in [-0.05, 0) is 41.1 Å². The van der Waals surface area contributed by atoms with Crippen molar-refractivity contribution in [1.29, 1.82) is 0 Å². The van der Waals surface area contributed by atoms with Crippen LogP contribution in [-0.2, 0) is 0 Å². The first kappa shape index (κ1) is 6.80. The van der Waals surface area contributed by atoms with Gasteiger partial charge in [-0.25, -0.2) is 4.98 Å². The third kappa shape index (κ3) is 1.54. The minimum atomic E-state index is 0.621. The van der Waals surface area contributed by atoms with Gasteiger partial charge < -0.3 is 5.73 Å². The van der Waals surface area contributed by atoms with Crippen molar-refractivity contribution >= 4 is 28.4 Å². The molecule has 9 heavy (non-hydrogen) atoms. The summed E-state index contributed by atoms with van der Waals surface area (Å²) in [6.07, 6.45) is 1.75. The molecule has 0 radical (unpaired) electrons. The quantitative estimate of drug-likeness (QED) is 0.692. The standard InChI is InChI=1S/C6H7IN2/c1-4-2-5(7)3-9-6(4)8/h2-3H,1H3,(H2,8,9). The zero-order chi connectivity index (χ0) is 6.85. The van der Waals surface area contributed by atoms with Gasteiger partial charge in [0, 0.05) is 9.77 Å². The Kier molecular flexibility index (Phi) is 1.90. The number of halogens is 1. The molecule has 0 saturated carbocycles. The molecule has 1 aromatic heterocycles. The van der Waals surface area contributed by atoms with Crippen molar-refractivity contribution in [3.8, 4) is 0 Å². The Hall–Kier alpha value is -0.320. The molecule has 0 aliphatic rings. The molecule has 1 aromatic rings. The third-order valence-corrected chi connectivity index (χ3v) is 1.68. The maximum absolute atomic E-state index is 5.47. The van der Waals surface area contributed by atoms with E-state index in [4.69, 9.17) is 5.73 Å². The first-order valence-corrected chi connectivity index (χ1v) is 3.65. The van der Waals surface area contributed by atoms with Gasteiger partial charge in [0.25, 0.3) is 0 Å². The van der Waals surface area contributed by atoms with Gasteiger partial charge in [-0.3, -0.25) is 0 Å². The molecule has 0 fully saturated rings. The first-order valence-electron chi connectivity index (χ1n) is 2.58. The molecule has 0 atom stereocenters. The lowest BCUT2D eigenvalue weighted by Crippen LogP contribution is -1.93. The molecule has 0 aromatic carbocycles. The lowest BCUT2D eigenvalue weighted by Gasteiger charge is -1.96. The van der Waals surface area contributed by atoms with Crippen LogP contribution in [0.1, 0.15) is 5.56 Å². The highest BCUT2D eigenvalue weighted by molar-refractivity contribution is 14.1. The van der Waals surface area contributed by atoms with Crippen molar-refractivity contribution < 1.29 is 0 Å². The lowest BCUT2D eigenvalue weighted by atomic mass is 10.3. The first-order chi connectivity index (χ1) is 4.20. The van der Waals surface area contributed by atoms with Crippen LogP contribution in [-0.4, -0.2) is 4.98 Å². The molecule has 1 heterocycles. The summed E-state index contributed by atoms with van der Waals surface area (Å²) < 4.78 is 1.12. The van der Waals surface area contributed by atoms with Crippen LogP contribution in [0.2, 0.25) is 0 Å². The predicted molar refractivity (Wildman–Crippen MR) is 46.1 cm³/mol. The zero-order valence-corrected chi connectivity index (χ0v) is 7.21. The second-order valence-electron chi connectivity index (χ2n) is 1.86. The van der Waals surface area contributed by atoms with Crippen LogP contribution < -0.4 is 5.73 Å². The summed E-state index contributed by atoms with van der Waals surface area (Å²) in [4.78, 5) is 3.95. The molecule has 1 rings (SSSR count). The van der Waals surface area contributed by atoms with E-state index in [-0.39, 0.29) is 0 Å². The second-order valence-corrected chi connectivity index (χ2v) is 3.10. The number of nitrogens with zero attached hydrogens (tertiary/aromatic N) is 1. The van der Waals surface area contributed by atoms with E-state index in [9.17, 15) is 0 Å². The smallest absolute Gasteiger partial charge is 0.126 e. The number of aromatic nitrogens is 1. The Morgan fingerprint density at radius 2 is 2.33 bits per heavy atom. The van der Waals surface area contributed by atoms with Gasteiger partial charge in [0.15, 0.2) is 0 Å². The van der Waals surface area contributed by atoms with E-state index in [0.29, 0.717) is 5.82 Å². The fourth-order valence-electron chi connectivity index (χ4n) is 0.551. The molecular weight excluding hydrogens is 227 g/mol. The van der Waals surface area contributed by atoms with Crippen molar-refractivity contribution in [2.75, 3.05) is 5.73 Å². The molecule has 0 spiro atoms. The number of anilines is 1. The molecule has 0 bridgehead atoms. The SMILES string of the molecule is Cc1cc(I)cnc1N. The number of hydrogen-bond donors (Lipinski definition) is 1. The fourth-order valence-corrected chi connectivity index (χ4v) is 1.16. The number of nitrogen functional groups attached to an aromatic ring is 1. The van der Waals surface area contributed by atoms with Crippen molar-refractivity contribution in [3.63, 3.8) is 0 Å². The molecule has 2 N–H and O–H groups in total. The second kappa shape index (κ2) is 2.51. The Bertz CT molecular complexity index is 222. The minimum Gasteiger partial charge on any atom is -0.383 e. The number of rotatable bonds is 0. The van der Waals surface area contributed by atoms with Crippen molar-refractivity contribution in [2.24, 2.45) is 0 Å². The third-order valence-electron chi connectivity index (χ3n) is 1.09. The summed E-state index contributed by atoms with van der Waals surface area (Å²) in [7, 11) is 0. The van der Waals surface area contributed by atoms with Crippen molar-refractivity contribution in [2.45, 2.75) is 6.92 Å². The van der Waals surface area contributed by atoms with Crippen LogP contribution in [0, 0.1) is 10.5 Å². The van der Waals surface area contributed by atoms with Crippen LogP contribution in [0.25, 0.3) is 0 Å². The van der Waals surface area contributed by atoms with E-state index < -0.39 is 0 Å². The Morgan fingerprint density at radius 3 is 2.78 bits per heavy atom. The van der Waals surface area contributed by atoms with E-state index >= 15 is 0 Å². The highest BCUT2D eigenvalue weighted by Gasteiger charge is 1.92. The van der Waals surface area contributed by atoms with Crippen LogP contribution in [0.3, 0.4) is 0 Å². The summed E-state index contributed by atoms with van der Waals surface area (Å²) in [6.45, 7) is 1.95. The van der Waals surface area contributed by atoms with E-state index in [1.54, 1.807) is 6.20 Å². The van der Waals surface area contributed by atoms with E-state index in [0.717, 1.165) is 9.13 Å². The highest BCUT2D eigenvalue weighted by Crippen LogP contribution is 2.09. The van der Waals surface area contributed by atoms with Gasteiger partial charge in [0.1, 0.15) is 5.82 Å². The number of nitrogens with two attached hydrogens (primary N) is 1. The molecule has 3 heteroatoms. The largest absolute Gasteiger partial charge is 0.383 e. The molecular formula is C6H7IN2. The maximum atomic E-state index is 5.47. The predicted octanol–water partition coefficient (Wildman–Crippen LogP) is 1.58. The summed E-state index contributed by atoms with van der Waals surface area (Å²) >= 11 is 2.20. The van der Waals surface area contributed by atoms with Crippen LogP contribution in [0.5, 0.6) is 0 Å². The fraction of sp³-hybridized carbons (Fsp3) is 0.167. The Morgan fingerprint density at radius 1 is 1.67 bits per heavy atom.